The van der Waals surface area contributed by atoms with Crippen LogP contribution in [0, 0.1) is 0 Å². The summed E-state index contributed by atoms with van der Waals surface area (Å²) in [6, 6.07) is 32.9. The molecule has 0 saturated heterocycles. The summed E-state index contributed by atoms with van der Waals surface area (Å²) in [5.74, 6) is 0. The Morgan fingerprint density at radius 3 is 2.00 bits per heavy atom. The van der Waals surface area contributed by atoms with Gasteiger partial charge in [0, 0.05) is 16.5 Å². The first kappa shape index (κ1) is 22.7. The number of hydrogen-bond acceptors (Lipinski definition) is 4. The standard InChI is InChI=1S/C28H24N4O2S/c29-35(33,34)24-18-16-23(17-19-24)31-32-28-25-8-4-5-9-26(25)30-27(28)22-14-12-21(13-15-22)11-10-20-6-2-1-3-7-20/h1-9,12-19,30H,10-11H2,(H2,29,33,34). The number of primary sulfonamides is 1. The molecular weight excluding hydrogens is 456 g/mol. The molecule has 0 spiro atoms. The number of H-pyrrole nitrogens is 1. The third kappa shape index (κ3) is 5.21. The molecule has 0 aliphatic carbocycles. The smallest absolute Gasteiger partial charge is 0.238 e. The van der Waals surface area contributed by atoms with E-state index in [4.69, 9.17) is 5.14 Å². The van der Waals surface area contributed by atoms with Gasteiger partial charge >= 0.3 is 0 Å². The predicted octanol–water partition coefficient (Wildman–Crippen LogP) is 6.68. The SMILES string of the molecule is NS(=O)(=O)c1ccc(N=Nc2c(-c3ccc(CCc4ccccc4)cc3)[nH]c3ccccc23)cc1. The molecule has 0 amide bonds. The Bertz CT molecular complexity index is 1590. The summed E-state index contributed by atoms with van der Waals surface area (Å²) in [5.41, 5.74) is 6.72. The Morgan fingerprint density at radius 1 is 0.686 bits per heavy atom. The third-order valence-electron chi connectivity index (χ3n) is 5.90. The summed E-state index contributed by atoms with van der Waals surface area (Å²) in [7, 11) is -3.75. The van der Waals surface area contributed by atoms with Gasteiger partial charge in [0.05, 0.1) is 16.3 Å². The van der Waals surface area contributed by atoms with Crippen molar-refractivity contribution in [3.8, 4) is 11.3 Å². The van der Waals surface area contributed by atoms with E-state index in [2.05, 4.69) is 63.7 Å². The van der Waals surface area contributed by atoms with E-state index in [0.29, 0.717) is 5.69 Å². The summed E-state index contributed by atoms with van der Waals surface area (Å²) in [6.45, 7) is 0. The number of sulfonamides is 1. The van der Waals surface area contributed by atoms with E-state index in [1.807, 2.05) is 30.3 Å². The fourth-order valence-electron chi connectivity index (χ4n) is 4.02. The van der Waals surface area contributed by atoms with Gasteiger partial charge in [0.1, 0.15) is 5.69 Å². The molecule has 1 aromatic heterocycles. The molecule has 1 heterocycles. The molecule has 4 aromatic carbocycles. The maximum atomic E-state index is 11.5. The second kappa shape index (κ2) is 9.66. The quantitative estimate of drug-likeness (QED) is 0.254. The molecule has 5 aromatic rings. The third-order valence-corrected chi connectivity index (χ3v) is 6.83. The van der Waals surface area contributed by atoms with Gasteiger partial charge in [0.15, 0.2) is 0 Å². The van der Waals surface area contributed by atoms with Crippen LogP contribution in [0.5, 0.6) is 0 Å². The number of aromatic amines is 1. The normalized spacial score (nSPS) is 11.9. The van der Waals surface area contributed by atoms with Crippen LogP contribution in [0.25, 0.3) is 22.2 Å². The predicted molar refractivity (Wildman–Crippen MR) is 140 cm³/mol. The van der Waals surface area contributed by atoms with E-state index in [9.17, 15) is 8.42 Å². The number of aryl methyl sites for hydroxylation is 2. The highest BCUT2D eigenvalue weighted by Gasteiger charge is 2.13. The van der Waals surface area contributed by atoms with Crippen molar-refractivity contribution >= 4 is 32.3 Å². The van der Waals surface area contributed by atoms with Crippen LogP contribution in [0.1, 0.15) is 11.1 Å². The average molecular weight is 481 g/mol. The molecular formula is C28H24N4O2S. The summed E-state index contributed by atoms with van der Waals surface area (Å²) in [6.07, 6.45) is 1.97. The van der Waals surface area contributed by atoms with Gasteiger partial charge in [-0.05, 0) is 54.3 Å². The first-order valence-corrected chi connectivity index (χ1v) is 12.8. The Morgan fingerprint density at radius 2 is 1.31 bits per heavy atom. The van der Waals surface area contributed by atoms with E-state index < -0.39 is 10.0 Å². The summed E-state index contributed by atoms with van der Waals surface area (Å²) < 4.78 is 23.0. The zero-order valence-corrected chi connectivity index (χ0v) is 19.7. The van der Waals surface area contributed by atoms with Gasteiger partial charge in [-0.1, -0.05) is 72.8 Å². The molecule has 7 heteroatoms. The Kier molecular flexibility index (Phi) is 6.27. The maximum absolute atomic E-state index is 11.5. The van der Waals surface area contributed by atoms with Crippen LogP contribution in [0.15, 0.2) is 118 Å². The Hall–Kier alpha value is -4.07. The highest BCUT2D eigenvalue weighted by molar-refractivity contribution is 7.89. The molecule has 0 saturated carbocycles. The number of aromatic nitrogens is 1. The van der Waals surface area contributed by atoms with Crippen molar-refractivity contribution in [1.82, 2.24) is 4.98 Å². The lowest BCUT2D eigenvalue weighted by molar-refractivity contribution is 0.598. The number of nitrogens with zero attached hydrogens (tertiary/aromatic N) is 2. The molecule has 0 bridgehead atoms. The van der Waals surface area contributed by atoms with Crippen LogP contribution in [0.3, 0.4) is 0 Å². The molecule has 3 N–H and O–H groups in total. The van der Waals surface area contributed by atoms with Crippen molar-refractivity contribution in [1.29, 1.82) is 0 Å². The number of azo groups is 1. The lowest BCUT2D eigenvalue weighted by Crippen LogP contribution is -2.11. The second-order valence-corrected chi connectivity index (χ2v) is 9.88. The summed E-state index contributed by atoms with van der Waals surface area (Å²) in [5, 5.41) is 15.0. The molecule has 0 aliphatic rings. The van der Waals surface area contributed by atoms with Crippen molar-refractivity contribution in [3.05, 3.63) is 114 Å². The molecule has 35 heavy (non-hydrogen) atoms. The van der Waals surface area contributed by atoms with E-state index in [1.165, 1.54) is 23.3 Å². The first-order chi connectivity index (χ1) is 17.0. The molecule has 0 fully saturated rings. The number of rotatable bonds is 7. The minimum Gasteiger partial charge on any atom is -0.353 e. The maximum Gasteiger partial charge on any atom is 0.238 e. The zero-order chi connectivity index (χ0) is 24.3. The molecule has 0 atom stereocenters. The van der Waals surface area contributed by atoms with Gasteiger partial charge in [-0.15, -0.1) is 5.11 Å². The Balaban J connectivity index is 1.43. The van der Waals surface area contributed by atoms with Crippen molar-refractivity contribution in [3.63, 3.8) is 0 Å². The van der Waals surface area contributed by atoms with Gasteiger partial charge in [-0.25, -0.2) is 13.6 Å². The number of nitrogens with one attached hydrogen (secondary N) is 1. The molecule has 0 radical (unpaired) electrons. The van der Waals surface area contributed by atoms with Gasteiger partial charge in [0.25, 0.3) is 0 Å². The largest absolute Gasteiger partial charge is 0.353 e. The molecule has 0 aliphatic heterocycles. The van der Waals surface area contributed by atoms with Crippen LogP contribution in [0.2, 0.25) is 0 Å². The van der Waals surface area contributed by atoms with Crippen molar-refractivity contribution in [2.45, 2.75) is 17.7 Å². The highest BCUT2D eigenvalue weighted by atomic mass is 32.2. The van der Waals surface area contributed by atoms with E-state index >= 15 is 0 Å². The number of nitrogens with two attached hydrogens (primary N) is 1. The lowest BCUT2D eigenvalue weighted by atomic mass is 10.0. The monoisotopic (exact) mass is 480 g/mol. The van der Waals surface area contributed by atoms with E-state index in [-0.39, 0.29) is 4.90 Å². The van der Waals surface area contributed by atoms with Crippen LogP contribution >= 0.6 is 0 Å². The zero-order valence-electron chi connectivity index (χ0n) is 18.9. The number of para-hydroxylation sites is 1. The van der Waals surface area contributed by atoms with Gasteiger partial charge in [-0.3, -0.25) is 0 Å². The fourth-order valence-corrected chi connectivity index (χ4v) is 4.54. The minimum atomic E-state index is -3.75. The first-order valence-electron chi connectivity index (χ1n) is 11.3. The molecule has 174 valence electrons. The van der Waals surface area contributed by atoms with Gasteiger partial charge < -0.3 is 4.98 Å². The molecule has 0 unspecified atom stereocenters. The number of benzene rings is 4. The molecule has 6 nitrogen and oxygen atoms in total. The van der Waals surface area contributed by atoms with E-state index in [0.717, 1.165) is 40.7 Å². The van der Waals surface area contributed by atoms with Crippen LogP contribution in [0.4, 0.5) is 11.4 Å². The van der Waals surface area contributed by atoms with Crippen molar-refractivity contribution < 1.29 is 8.42 Å². The van der Waals surface area contributed by atoms with Crippen LogP contribution in [-0.4, -0.2) is 13.4 Å². The average Bonchev–Trinajstić information content (AvgIpc) is 3.25. The van der Waals surface area contributed by atoms with Gasteiger partial charge in [-0.2, -0.15) is 5.11 Å². The lowest BCUT2D eigenvalue weighted by Gasteiger charge is -2.05. The second-order valence-electron chi connectivity index (χ2n) is 8.32. The summed E-state index contributed by atoms with van der Waals surface area (Å²) >= 11 is 0. The summed E-state index contributed by atoms with van der Waals surface area (Å²) in [4.78, 5) is 3.51. The number of fused-ring (bicyclic) bond motifs is 1. The topological polar surface area (TPSA) is 101 Å². The van der Waals surface area contributed by atoms with E-state index in [1.54, 1.807) is 12.1 Å². The Labute approximate surface area is 204 Å². The van der Waals surface area contributed by atoms with Gasteiger partial charge in [0.2, 0.25) is 10.0 Å². The fraction of sp³-hybridized carbons (Fsp3) is 0.0714. The highest BCUT2D eigenvalue weighted by Crippen LogP contribution is 2.38. The number of hydrogen-bond donors (Lipinski definition) is 2. The minimum absolute atomic E-state index is 0.0385. The van der Waals surface area contributed by atoms with Crippen LogP contribution < -0.4 is 5.14 Å². The molecule has 5 rings (SSSR count). The van der Waals surface area contributed by atoms with Crippen molar-refractivity contribution in [2.24, 2.45) is 15.4 Å². The van der Waals surface area contributed by atoms with Crippen molar-refractivity contribution in [2.75, 3.05) is 0 Å². The van der Waals surface area contributed by atoms with Crippen LogP contribution in [-0.2, 0) is 22.9 Å².